The third kappa shape index (κ3) is 4.36. The molecule has 0 saturated carbocycles. The first-order chi connectivity index (χ1) is 11.8. The van der Waals surface area contributed by atoms with Crippen molar-refractivity contribution in [2.45, 2.75) is 32.7 Å². The van der Waals surface area contributed by atoms with Crippen LogP contribution in [0.25, 0.3) is 0 Å². The standard InChI is InChI=1S/C17H20ClN3O4/c1-3-4-8-20-15(23)16(24)21(17(20)25)10-14(22)19-11(2)12-6-5-7-13(18)9-12/h5-7,9,11H,3-4,8,10H2,1-2H3,(H,19,22)/t11-/m1/s1. The van der Waals surface area contributed by atoms with Crippen molar-refractivity contribution < 1.29 is 19.2 Å². The molecular weight excluding hydrogens is 346 g/mol. The number of hydrogen-bond donors (Lipinski definition) is 1. The molecule has 1 N–H and O–H groups in total. The molecule has 0 spiro atoms. The van der Waals surface area contributed by atoms with Crippen LogP contribution in [-0.2, 0) is 14.4 Å². The minimum Gasteiger partial charge on any atom is -0.348 e. The van der Waals surface area contributed by atoms with Gasteiger partial charge in [0.15, 0.2) is 0 Å². The summed E-state index contributed by atoms with van der Waals surface area (Å²) in [4.78, 5) is 49.7. The van der Waals surface area contributed by atoms with Crippen LogP contribution in [0.2, 0.25) is 5.02 Å². The minimum atomic E-state index is -0.966. The van der Waals surface area contributed by atoms with Gasteiger partial charge in [-0.2, -0.15) is 0 Å². The van der Waals surface area contributed by atoms with Gasteiger partial charge in [0, 0.05) is 11.6 Å². The van der Waals surface area contributed by atoms with E-state index in [1.807, 2.05) is 6.92 Å². The van der Waals surface area contributed by atoms with Crippen LogP contribution in [0.1, 0.15) is 38.3 Å². The maximum absolute atomic E-state index is 12.2. The Bertz CT molecular complexity index is 707. The van der Waals surface area contributed by atoms with Gasteiger partial charge >= 0.3 is 17.8 Å². The summed E-state index contributed by atoms with van der Waals surface area (Å²) in [6.45, 7) is 3.36. The van der Waals surface area contributed by atoms with Gasteiger partial charge in [0.05, 0.1) is 6.04 Å². The van der Waals surface area contributed by atoms with Crippen LogP contribution in [0.4, 0.5) is 4.79 Å². The van der Waals surface area contributed by atoms with E-state index in [-0.39, 0.29) is 12.6 Å². The molecule has 1 heterocycles. The monoisotopic (exact) mass is 365 g/mol. The van der Waals surface area contributed by atoms with Gasteiger partial charge in [-0.25, -0.2) is 9.69 Å². The number of unbranched alkanes of at least 4 members (excludes halogenated alkanes) is 1. The number of amides is 5. The van der Waals surface area contributed by atoms with Crippen molar-refractivity contribution in [3.8, 4) is 0 Å². The van der Waals surface area contributed by atoms with E-state index in [4.69, 9.17) is 11.6 Å². The smallest absolute Gasteiger partial charge is 0.334 e. The molecule has 0 aliphatic carbocycles. The Morgan fingerprint density at radius 1 is 1.20 bits per heavy atom. The van der Waals surface area contributed by atoms with Gasteiger partial charge in [0.1, 0.15) is 6.54 Å². The normalized spacial score (nSPS) is 15.7. The van der Waals surface area contributed by atoms with Crippen molar-refractivity contribution in [1.29, 1.82) is 0 Å². The molecule has 1 aromatic rings. The predicted molar refractivity (Wildman–Crippen MR) is 91.7 cm³/mol. The van der Waals surface area contributed by atoms with Crippen molar-refractivity contribution in [3.63, 3.8) is 0 Å². The summed E-state index contributed by atoms with van der Waals surface area (Å²) in [5.74, 6) is -2.37. The average Bonchev–Trinajstić information content (AvgIpc) is 2.77. The fourth-order valence-electron chi connectivity index (χ4n) is 2.49. The Morgan fingerprint density at radius 2 is 1.88 bits per heavy atom. The molecule has 7 nitrogen and oxygen atoms in total. The van der Waals surface area contributed by atoms with Crippen molar-refractivity contribution in [1.82, 2.24) is 15.1 Å². The van der Waals surface area contributed by atoms with Crippen LogP contribution >= 0.6 is 11.6 Å². The Labute approximate surface area is 150 Å². The second-order valence-corrected chi connectivity index (χ2v) is 6.26. The molecule has 1 aromatic carbocycles. The minimum absolute atomic E-state index is 0.178. The molecule has 1 saturated heterocycles. The highest BCUT2D eigenvalue weighted by Gasteiger charge is 2.44. The zero-order valence-corrected chi connectivity index (χ0v) is 14.9. The largest absolute Gasteiger partial charge is 0.348 e. The number of urea groups is 1. The van der Waals surface area contributed by atoms with Gasteiger partial charge in [-0.05, 0) is 31.0 Å². The highest BCUT2D eigenvalue weighted by Crippen LogP contribution is 2.18. The summed E-state index contributed by atoms with van der Waals surface area (Å²) in [6, 6.07) is 5.91. The molecule has 0 unspecified atom stereocenters. The molecule has 1 aliphatic rings. The molecule has 2 rings (SSSR count). The second-order valence-electron chi connectivity index (χ2n) is 5.83. The summed E-state index contributed by atoms with van der Waals surface area (Å²) in [5, 5.41) is 3.23. The SMILES string of the molecule is CCCCN1C(=O)C(=O)N(CC(=O)N[C@H](C)c2cccc(Cl)c2)C1=O. The van der Waals surface area contributed by atoms with E-state index in [9.17, 15) is 19.2 Å². The number of nitrogens with zero attached hydrogens (tertiary/aromatic N) is 2. The van der Waals surface area contributed by atoms with Crippen molar-refractivity contribution in [3.05, 3.63) is 34.9 Å². The summed E-state index contributed by atoms with van der Waals surface area (Å²) >= 11 is 5.92. The fourth-order valence-corrected chi connectivity index (χ4v) is 2.69. The Balaban J connectivity index is 1.99. The second kappa shape index (κ2) is 8.11. The van der Waals surface area contributed by atoms with E-state index < -0.39 is 30.3 Å². The molecule has 0 bridgehead atoms. The van der Waals surface area contributed by atoms with E-state index in [2.05, 4.69) is 5.32 Å². The molecule has 1 aliphatic heterocycles. The molecule has 1 fully saturated rings. The molecule has 25 heavy (non-hydrogen) atoms. The lowest BCUT2D eigenvalue weighted by atomic mass is 10.1. The number of nitrogens with one attached hydrogen (secondary N) is 1. The summed E-state index contributed by atoms with van der Waals surface area (Å²) in [5.41, 5.74) is 0.792. The maximum Gasteiger partial charge on any atom is 0.334 e. The highest BCUT2D eigenvalue weighted by molar-refractivity contribution is 6.45. The number of benzene rings is 1. The third-order valence-electron chi connectivity index (χ3n) is 3.90. The highest BCUT2D eigenvalue weighted by atomic mass is 35.5. The Morgan fingerprint density at radius 3 is 2.52 bits per heavy atom. The first-order valence-electron chi connectivity index (χ1n) is 8.07. The topological polar surface area (TPSA) is 86.8 Å². The molecule has 0 radical (unpaired) electrons. The predicted octanol–water partition coefficient (Wildman–Crippen LogP) is 2.11. The third-order valence-corrected chi connectivity index (χ3v) is 4.13. The van der Waals surface area contributed by atoms with E-state index in [1.165, 1.54) is 0 Å². The zero-order chi connectivity index (χ0) is 18.6. The quantitative estimate of drug-likeness (QED) is 0.592. The summed E-state index contributed by atoms with van der Waals surface area (Å²) in [7, 11) is 0. The van der Waals surface area contributed by atoms with Gasteiger partial charge in [-0.1, -0.05) is 37.1 Å². The van der Waals surface area contributed by atoms with Gasteiger partial charge in [0.2, 0.25) is 5.91 Å². The van der Waals surface area contributed by atoms with E-state index in [1.54, 1.807) is 31.2 Å². The number of rotatable bonds is 7. The van der Waals surface area contributed by atoms with Gasteiger partial charge in [-0.3, -0.25) is 19.3 Å². The summed E-state index contributed by atoms with van der Waals surface area (Å²) in [6.07, 6.45) is 1.39. The number of carbonyl (C=O) groups excluding carboxylic acids is 4. The Kier molecular flexibility index (Phi) is 6.14. The maximum atomic E-state index is 12.2. The first-order valence-corrected chi connectivity index (χ1v) is 8.45. The summed E-state index contributed by atoms with van der Waals surface area (Å²) < 4.78 is 0. The Hall–Kier alpha value is -2.41. The lowest BCUT2D eigenvalue weighted by Gasteiger charge is -2.18. The van der Waals surface area contributed by atoms with Crippen molar-refractivity contribution in [2.75, 3.05) is 13.1 Å². The van der Waals surface area contributed by atoms with Crippen LogP contribution in [0.15, 0.2) is 24.3 Å². The van der Waals surface area contributed by atoms with Crippen LogP contribution in [-0.4, -0.2) is 46.6 Å². The number of imide groups is 2. The van der Waals surface area contributed by atoms with E-state index in [0.717, 1.165) is 16.9 Å². The molecule has 134 valence electrons. The van der Waals surface area contributed by atoms with E-state index >= 15 is 0 Å². The van der Waals surface area contributed by atoms with Gasteiger partial charge in [0.25, 0.3) is 0 Å². The van der Waals surface area contributed by atoms with Gasteiger partial charge < -0.3 is 5.32 Å². The average molecular weight is 366 g/mol. The number of halogens is 1. The molecule has 0 aromatic heterocycles. The van der Waals surface area contributed by atoms with Gasteiger partial charge in [-0.15, -0.1) is 0 Å². The lowest BCUT2D eigenvalue weighted by molar-refractivity contribution is -0.144. The van der Waals surface area contributed by atoms with Crippen molar-refractivity contribution in [2.24, 2.45) is 0 Å². The van der Waals surface area contributed by atoms with Crippen molar-refractivity contribution >= 4 is 35.4 Å². The van der Waals surface area contributed by atoms with Crippen LogP contribution in [0.5, 0.6) is 0 Å². The molecule has 5 amide bonds. The lowest BCUT2D eigenvalue weighted by Crippen LogP contribution is -2.42. The molecular formula is C17H20ClN3O4. The van der Waals surface area contributed by atoms with Crippen LogP contribution < -0.4 is 5.32 Å². The zero-order valence-electron chi connectivity index (χ0n) is 14.1. The van der Waals surface area contributed by atoms with E-state index in [0.29, 0.717) is 16.3 Å². The molecule has 1 atom stereocenters. The first kappa shape index (κ1) is 18.9. The molecule has 8 heteroatoms. The van der Waals surface area contributed by atoms with Crippen LogP contribution in [0.3, 0.4) is 0 Å². The number of hydrogen-bond acceptors (Lipinski definition) is 4. The fraction of sp³-hybridized carbons (Fsp3) is 0.412. The number of carbonyl (C=O) groups is 4. The van der Waals surface area contributed by atoms with Crippen LogP contribution in [0, 0.1) is 0 Å².